The molecule has 1 aliphatic rings. The van der Waals surface area contributed by atoms with Crippen LogP contribution in [0.4, 0.5) is 5.13 Å². The molecule has 6 heteroatoms. The molecule has 0 aliphatic carbocycles. The SMILES string of the molecule is CC1CC(C(=O)Nc2ncc(-c3ccc4cnccc4c3)s2)CCN1C. The maximum Gasteiger partial charge on any atom is 0.229 e. The number of anilines is 1. The number of likely N-dealkylation sites (tertiary alicyclic amines) is 1. The van der Waals surface area contributed by atoms with Gasteiger partial charge in [-0.15, -0.1) is 0 Å². The predicted octanol–water partition coefficient (Wildman–Crippen LogP) is 4.03. The number of nitrogens with one attached hydrogen (secondary N) is 1. The first-order valence-corrected chi connectivity index (χ1v) is 9.73. The molecule has 1 amide bonds. The first-order chi connectivity index (χ1) is 12.6. The maximum absolute atomic E-state index is 12.6. The third-order valence-electron chi connectivity index (χ3n) is 5.24. The van der Waals surface area contributed by atoms with Gasteiger partial charge in [-0.1, -0.05) is 23.5 Å². The Labute approximate surface area is 157 Å². The molecule has 1 N–H and O–H groups in total. The summed E-state index contributed by atoms with van der Waals surface area (Å²) < 4.78 is 0. The van der Waals surface area contributed by atoms with Crippen LogP contribution in [0, 0.1) is 5.92 Å². The summed E-state index contributed by atoms with van der Waals surface area (Å²) in [7, 11) is 2.12. The quantitative estimate of drug-likeness (QED) is 0.760. The molecule has 0 spiro atoms. The zero-order valence-corrected chi connectivity index (χ0v) is 15.8. The van der Waals surface area contributed by atoms with Crippen molar-refractivity contribution in [2.24, 2.45) is 5.92 Å². The Bertz CT molecular complexity index is 938. The second kappa shape index (κ2) is 7.13. The second-order valence-corrected chi connectivity index (χ2v) is 8.04. The van der Waals surface area contributed by atoms with Crippen molar-refractivity contribution in [3.8, 4) is 10.4 Å². The van der Waals surface area contributed by atoms with Gasteiger partial charge in [0.05, 0.1) is 4.88 Å². The predicted molar refractivity (Wildman–Crippen MR) is 106 cm³/mol. The van der Waals surface area contributed by atoms with Crippen molar-refractivity contribution in [1.29, 1.82) is 0 Å². The molecule has 2 atom stereocenters. The lowest BCUT2D eigenvalue weighted by Crippen LogP contribution is -2.41. The molecule has 2 aromatic heterocycles. The minimum atomic E-state index is 0.0710. The number of pyridine rings is 1. The van der Waals surface area contributed by atoms with Crippen LogP contribution < -0.4 is 5.32 Å². The number of carbonyl (C=O) groups is 1. The van der Waals surface area contributed by atoms with Crippen LogP contribution in [-0.4, -0.2) is 40.4 Å². The Morgan fingerprint density at radius 2 is 2.15 bits per heavy atom. The van der Waals surface area contributed by atoms with Crippen molar-refractivity contribution in [2.45, 2.75) is 25.8 Å². The molecule has 1 aromatic carbocycles. The van der Waals surface area contributed by atoms with Crippen molar-refractivity contribution in [2.75, 3.05) is 18.9 Å². The molecule has 0 radical (unpaired) electrons. The average molecular weight is 366 g/mol. The van der Waals surface area contributed by atoms with Crippen molar-refractivity contribution in [3.05, 3.63) is 42.9 Å². The van der Waals surface area contributed by atoms with Gasteiger partial charge in [0.15, 0.2) is 5.13 Å². The maximum atomic E-state index is 12.6. The molecule has 3 aromatic rings. The molecular formula is C20H22N4OS. The number of nitrogens with zero attached hydrogens (tertiary/aromatic N) is 3. The Kier molecular flexibility index (Phi) is 4.70. The summed E-state index contributed by atoms with van der Waals surface area (Å²) >= 11 is 1.52. The highest BCUT2D eigenvalue weighted by atomic mass is 32.1. The van der Waals surface area contributed by atoms with Gasteiger partial charge < -0.3 is 10.2 Å². The van der Waals surface area contributed by atoms with E-state index < -0.39 is 0 Å². The van der Waals surface area contributed by atoms with Crippen LogP contribution in [0.15, 0.2) is 42.9 Å². The fraction of sp³-hybridized carbons (Fsp3) is 0.350. The van der Waals surface area contributed by atoms with E-state index >= 15 is 0 Å². The van der Waals surface area contributed by atoms with Gasteiger partial charge in [0.1, 0.15) is 0 Å². The smallest absolute Gasteiger partial charge is 0.229 e. The third kappa shape index (κ3) is 3.48. The van der Waals surface area contributed by atoms with Gasteiger partial charge in [-0.3, -0.25) is 9.78 Å². The summed E-state index contributed by atoms with van der Waals surface area (Å²) in [6, 6.07) is 8.72. The molecular weight excluding hydrogens is 344 g/mol. The molecule has 1 fully saturated rings. The summed E-state index contributed by atoms with van der Waals surface area (Å²) in [5, 5.41) is 5.95. The summed E-state index contributed by atoms with van der Waals surface area (Å²) in [6.07, 6.45) is 7.30. The van der Waals surface area contributed by atoms with Crippen LogP contribution in [0.25, 0.3) is 21.2 Å². The van der Waals surface area contributed by atoms with E-state index in [0.29, 0.717) is 11.2 Å². The van der Waals surface area contributed by atoms with E-state index in [-0.39, 0.29) is 11.8 Å². The van der Waals surface area contributed by atoms with E-state index in [2.05, 4.69) is 52.4 Å². The van der Waals surface area contributed by atoms with E-state index in [1.54, 1.807) is 6.20 Å². The Morgan fingerprint density at radius 1 is 1.27 bits per heavy atom. The standard InChI is InChI=1S/C20H22N4OS/c1-13-9-16(6-8-24(13)2)19(25)23-20-22-12-18(26-20)15-3-4-17-11-21-7-5-14(17)10-15/h3-5,7,10-13,16H,6,8-9H2,1-2H3,(H,22,23,25). The molecule has 1 saturated heterocycles. The minimum absolute atomic E-state index is 0.0710. The monoisotopic (exact) mass is 366 g/mol. The number of aromatic nitrogens is 2. The molecule has 134 valence electrons. The lowest BCUT2D eigenvalue weighted by atomic mass is 9.91. The lowest BCUT2D eigenvalue weighted by molar-refractivity contribution is -0.121. The van der Waals surface area contributed by atoms with Gasteiger partial charge in [-0.05, 0) is 56.4 Å². The second-order valence-electron chi connectivity index (χ2n) is 7.01. The summed E-state index contributed by atoms with van der Waals surface area (Å²) in [6.45, 7) is 3.14. The van der Waals surface area contributed by atoms with Crippen LogP contribution in [0.1, 0.15) is 19.8 Å². The molecule has 0 saturated carbocycles. The fourth-order valence-corrected chi connectivity index (χ4v) is 4.25. The summed E-state index contributed by atoms with van der Waals surface area (Å²) in [4.78, 5) is 24.5. The topological polar surface area (TPSA) is 58.1 Å². The highest BCUT2D eigenvalue weighted by molar-refractivity contribution is 7.19. The van der Waals surface area contributed by atoms with Gasteiger partial charge in [-0.25, -0.2) is 4.98 Å². The number of amides is 1. The first kappa shape index (κ1) is 17.1. The highest BCUT2D eigenvalue weighted by Crippen LogP contribution is 2.32. The molecule has 3 heterocycles. The highest BCUT2D eigenvalue weighted by Gasteiger charge is 2.28. The summed E-state index contributed by atoms with van der Waals surface area (Å²) in [5.74, 6) is 0.164. The third-order valence-corrected chi connectivity index (χ3v) is 6.20. The van der Waals surface area contributed by atoms with Gasteiger partial charge in [0, 0.05) is 35.9 Å². The van der Waals surface area contributed by atoms with Gasteiger partial charge in [0.2, 0.25) is 5.91 Å². The van der Waals surface area contributed by atoms with E-state index in [0.717, 1.165) is 40.6 Å². The van der Waals surface area contributed by atoms with Crippen molar-refractivity contribution in [1.82, 2.24) is 14.9 Å². The summed E-state index contributed by atoms with van der Waals surface area (Å²) in [5.41, 5.74) is 1.11. The van der Waals surface area contributed by atoms with Crippen LogP contribution in [-0.2, 0) is 4.79 Å². The van der Waals surface area contributed by atoms with Crippen LogP contribution >= 0.6 is 11.3 Å². The van der Waals surface area contributed by atoms with Crippen molar-refractivity contribution >= 4 is 33.1 Å². The number of hydrogen-bond acceptors (Lipinski definition) is 5. The number of carbonyl (C=O) groups excluding carboxylic acids is 1. The van der Waals surface area contributed by atoms with E-state index in [4.69, 9.17) is 0 Å². The van der Waals surface area contributed by atoms with Gasteiger partial charge in [0.25, 0.3) is 0 Å². The Morgan fingerprint density at radius 3 is 3.00 bits per heavy atom. The number of benzene rings is 1. The normalized spacial score (nSPS) is 21.0. The number of fused-ring (bicyclic) bond motifs is 1. The van der Waals surface area contributed by atoms with Crippen molar-refractivity contribution in [3.63, 3.8) is 0 Å². The van der Waals surface area contributed by atoms with Gasteiger partial charge >= 0.3 is 0 Å². The van der Waals surface area contributed by atoms with E-state index in [9.17, 15) is 4.79 Å². The number of rotatable bonds is 3. The fourth-order valence-electron chi connectivity index (χ4n) is 3.44. The molecule has 0 bridgehead atoms. The molecule has 5 nitrogen and oxygen atoms in total. The lowest BCUT2D eigenvalue weighted by Gasteiger charge is -2.34. The van der Waals surface area contributed by atoms with Gasteiger partial charge in [-0.2, -0.15) is 0 Å². The van der Waals surface area contributed by atoms with Crippen LogP contribution in [0.3, 0.4) is 0 Å². The molecule has 26 heavy (non-hydrogen) atoms. The Hall–Kier alpha value is -2.31. The number of thiazole rings is 1. The molecule has 2 unspecified atom stereocenters. The Balaban J connectivity index is 1.48. The first-order valence-electron chi connectivity index (χ1n) is 8.91. The minimum Gasteiger partial charge on any atom is -0.304 e. The zero-order valence-electron chi connectivity index (χ0n) is 15.0. The number of piperidine rings is 1. The largest absolute Gasteiger partial charge is 0.304 e. The van der Waals surface area contributed by atoms with Crippen LogP contribution in [0.2, 0.25) is 0 Å². The zero-order chi connectivity index (χ0) is 18.1. The molecule has 1 aliphatic heterocycles. The van der Waals surface area contributed by atoms with E-state index in [1.807, 2.05) is 18.5 Å². The van der Waals surface area contributed by atoms with E-state index in [1.165, 1.54) is 11.3 Å². The number of hydrogen-bond donors (Lipinski definition) is 1. The average Bonchev–Trinajstić information content (AvgIpc) is 3.12. The molecule has 4 rings (SSSR count). The van der Waals surface area contributed by atoms with Crippen molar-refractivity contribution < 1.29 is 4.79 Å². The van der Waals surface area contributed by atoms with Crippen LogP contribution in [0.5, 0.6) is 0 Å².